The van der Waals surface area contributed by atoms with Gasteiger partial charge in [-0.3, -0.25) is 4.90 Å². The van der Waals surface area contributed by atoms with Crippen molar-refractivity contribution in [2.45, 2.75) is 25.3 Å². The zero-order valence-electron chi connectivity index (χ0n) is 13.4. The van der Waals surface area contributed by atoms with E-state index in [9.17, 15) is 0 Å². The number of furan rings is 1. The molecule has 6 heteroatoms. The highest BCUT2D eigenvalue weighted by atomic mass is 32.1. The van der Waals surface area contributed by atoms with Crippen molar-refractivity contribution >= 4 is 27.4 Å². The first kappa shape index (κ1) is 14.7. The maximum absolute atomic E-state index is 5.58. The molecule has 5 nitrogen and oxygen atoms in total. The molecule has 1 aliphatic rings. The number of rotatable bonds is 5. The van der Waals surface area contributed by atoms with E-state index in [1.54, 1.807) is 12.6 Å². The van der Waals surface area contributed by atoms with Gasteiger partial charge in [-0.2, -0.15) is 0 Å². The van der Waals surface area contributed by atoms with E-state index >= 15 is 0 Å². The fourth-order valence-corrected chi connectivity index (χ4v) is 4.50. The summed E-state index contributed by atoms with van der Waals surface area (Å²) in [6.07, 6.45) is 6.96. The van der Waals surface area contributed by atoms with Crippen molar-refractivity contribution in [2.75, 3.05) is 26.0 Å². The molecule has 1 unspecified atom stereocenters. The Hall–Kier alpha value is -1.92. The molecule has 120 valence electrons. The molecule has 0 saturated heterocycles. The summed E-state index contributed by atoms with van der Waals surface area (Å²) in [5, 5.41) is 4.75. The molecule has 23 heavy (non-hydrogen) atoms. The summed E-state index contributed by atoms with van der Waals surface area (Å²) in [7, 11) is 4.12. The minimum Gasteiger partial charge on any atom is -0.468 e. The van der Waals surface area contributed by atoms with Crippen LogP contribution in [0, 0.1) is 0 Å². The molecule has 4 rings (SSSR count). The van der Waals surface area contributed by atoms with Gasteiger partial charge in [-0.1, -0.05) is 0 Å². The van der Waals surface area contributed by atoms with E-state index in [0.717, 1.165) is 29.4 Å². The van der Waals surface area contributed by atoms with Gasteiger partial charge in [0.05, 0.1) is 17.7 Å². The van der Waals surface area contributed by atoms with Crippen molar-refractivity contribution < 1.29 is 4.42 Å². The number of thiophene rings is 1. The fourth-order valence-electron chi connectivity index (χ4n) is 3.27. The smallest absolute Gasteiger partial charge is 0.138 e. The summed E-state index contributed by atoms with van der Waals surface area (Å²) in [5.41, 5.74) is 1.45. The van der Waals surface area contributed by atoms with Crippen LogP contribution in [0.2, 0.25) is 0 Å². The van der Waals surface area contributed by atoms with Gasteiger partial charge in [0.1, 0.15) is 22.7 Å². The third-order valence-corrected chi connectivity index (χ3v) is 5.66. The van der Waals surface area contributed by atoms with Crippen LogP contribution in [0.15, 0.2) is 29.1 Å². The van der Waals surface area contributed by atoms with Gasteiger partial charge in [0.25, 0.3) is 0 Å². The SMILES string of the molecule is CN(C)C(CNc1ncnc2sc3c(c12)CCC3)c1ccco1. The topological polar surface area (TPSA) is 54.2 Å². The number of fused-ring (bicyclic) bond motifs is 3. The molecule has 0 amide bonds. The molecule has 0 bridgehead atoms. The van der Waals surface area contributed by atoms with Crippen LogP contribution in [0.25, 0.3) is 10.2 Å². The van der Waals surface area contributed by atoms with Crippen LogP contribution in [0.5, 0.6) is 0 Å². The first-order valence-electron chi connectivity index (χ1n) is 7.93. The summed E-state index contributed by atoms with van der Waals surface area (Å²) in [6, 6.07) is 4.12. The lowest BCUT2D eigenvalue weighted by Crippen LogP contribution is -2.26. The summed E-state index contributed by atoms with van der Waals surface area (Å²) >= 11 is 1.82. The van der Waals surface area contributed by atoms with Gasteiger partial charge in [0, 0.05) is 11.4 Å². The summed E-state index contributed by atoms with van der Waals surface area (Å²) in [6.45, 7) is 0.747. The normalized spacial score (nSPS) is 15.3. The van der Waals surface area contributed by atoms with E-state index in [4.69, 9.17) is 4.42 Å². The highest BCUT2D eigenvalue weighted by Crippen LogP contribution is 2.39. The largest absolute Gasteiger partial charge is 0.468 e. The van der Waals surface area contributed by atoms with E-state index in [1.165, 1.54) is 28.7 Å². The van der Waals surface area contributed by atoms with Crippen molar-refractivity contribution in [3.05, 3.63) is 40.9 Å². The average Bonchev–Trinajstić information content (AvgIpc) is 3.23. The second-order valence-corrected chi connectivity index (χ2v) is 7.22. The number of anilines is 1. The van der Waals surface area contributed by atoms with Crippen LogP contribution in [-0.2, 0) is 12.8 Å². The van der Waals surface area contributed by atoms with Crippen molar-refractivity contribution in [1.82, 2.24) is 14.9 Å². The first-order chi connectivity index (χ1) is 11.2. The quantitative estimate of drug-likeness (QED) is 0.777. The van der Waals surface area contributed by atoms with Gasteiger partial charge in [0.15, 0.2) is 0 Å². The standard InChI is InChI=1S/C17H20N4OS/c1-21(2)12(13-6-4-8-22-13)9-18-16-15-11-5-3-7-14(11)23-17(15)20-10-19-16/h4,6,8,10,12H,3,5,7,9H2,1-2H3,(H,18,19,20). The third-order valence-electron chi connectivity index (χ3n) is 4.46. The molecule has 3 aromatic heterocycles. The highest BCUT2D eigenvalue weighted by Gasteiger charge is 2.22. The van der Waals surface area contributed by atoms with Gasteiger partial charge in [-0.15, -0.1) is 11.3 Å². The van der Waals surface area contributed by atoms with Crippen LogP contribution >= 0.6 is 11.3 Å². The Balaban J connectivity index is 1.63. The van der Waals surface area contributed by atoms with E-state index in [-0.39, 0.29) is 6.04 Å². The Bertz CT molecular complexity index is 809. The Morgan fingerprint density at radius 1 is 1.35 bits per heavy atom. The summed E-state index contributed by atoms with van der Waals surface area (Å²) in [4.78, 5) is 13.7. The molecule has 0 radical (unpaired) electrons. The number of hydrogen-bond donors (Lipinski definition) is 1. The van der Waals surface area contributed by atoms with E-state index in [1.807, 2.05) is 23.5 Å². The predicted octanol–water partition coefficient (Wildman–Crippen LogP) is 3.49. The molecule has 0 spiro atoms. The second-order valence-electron chi connectivity index (χ2n) is 6.14. The molecular weight excluding hydrogens is 308 g/mol. The number of hydrogen-bond acceptors (Lipinski definition) is 6. The number of nitrogens with zero attached hydrogens (tertiary/aromatic N) is 3. The fraction of sp³-hybridized carbons (Fsp3) is 0.412. The van der Waals surface area contributed by atoms with Crippen LogP contribution in [-0.4, -0.2) is 35.5 Å². The molecule has 1 atom stereocenters. The zero-order chi connectivity index (χ0) is 15.8. The molecule has 3 heterocycles. The summed E-state index contributed by atoms with van der Waals surface area (Å²) < 4.78 is 5.58. The Labute approximate surface area is 139 Å². The van der Waals surface area contributed by atoms with Crippen LogP contribution < -0.4 is 5.32 Å². The van der Waals surface area contributed by atoms with E-state index in [2.05, 4.69) is 34.3 Å². The van der Waals surface area contributed by atoms with E-state index in [0.29, 0.717) is 0 Å². The van der Waals surface area contributed by atoms with Gasteiger partial charge in [-0.25, -0.2) is 9.97 Å². The monoisotopic (exact) mass is 328 g/mol. The highest BCUT2D eigenvalue weighted by molar-refractivity contribution is 7.19. The summed E-state index contributed by atoms with van der Waals surface area (Å²) in [5.74, 6) is 1.91. The third kappa shape index (κ3) is 2.62. The Morgan fingerprint density at radius 2 is 2.26 bits per heavy atom. The number of aromatic nitrogens is 2. The minimum atomic E-state index is 0.168. The molecule has 0 fully saturated rings. The van der Waals surface area contributed by atoms with Crippen molar-refractivity contribution in [3.63, 3.8) is 0 Å². The van der Waals surface area contributed by atoms with Gasteiger partial charge in [-0.05, 0) is 51.1 Å². The van der Waals surface area contributed by atoms with Gasteiger partial charge < -0.3 is 9.73 Å². The lowest BCUT2D eigenvalue weighted by Gasteiger charge is -2.23. The number of aryl methyl sites for hydroxylation is 2. The average molecular weight is 328 g/mol. The molecule has 0 aromatic carbocycles. The molecular formula is C17H20N4OS. The molecule has 0 aliphatic heterocycles. The Morgan fingerprint density at radius 3 is 3.04 bits per heavy atom. The molecule has 1 N–H and O–H groups in total. The zero-order valence-corrected chi connectivity index (χ0v) is 14.2. The number of likely N-dealkylation sites (N-methyl/N-ethyl adjacent to an activating group) is 1. The van der Waals surface area contributed by atoms with Crippen molar-refractivity contribution in [3.8, 4) is 0 Å². The lowest BCUT2D eigenvalue weighted by molar-refractivity contribution is 0.269. The van der Waals surface area contributed by atoms with Crippen molar-refractivity contribution in [1.29, 1.82) is 0 Å². The van der Waals surface area contributed by atoms with Crippen LogP contribution in [0.3, 0.4) is 0 Å². The molecule has 3 aromatic rings. The van der Waals surface area contributed by atoms with Crippen molar-refractivity contribution in [2.24, 2.45) is 0 Å². The number of nitrogens with one attached hydrogen (secondary N) is 1. The molecule has 1 aliphatic carbocycles. The first-order valence-corrected chi connectivity index (χ1v) is 8.74. The van der Waals surface area contributed by atoms with Crippen LogP contribution in [0.1, 0.15) is 28.7 Å². The predicted molar refractivity (Wildman–Crippen MR) is 93.1 cm³/mol. The second kappa shape index (κ2) is 5.94. The lowest BCUT2D eigenvalue weighted by atomic mass is 10.1. The molecule has 0 saturated carbocycles. The van der Waals surface area contributed by atoms with E-state index < -0.39 is 0 Å². The van der Waals surface area contributed by atoms with Gasteiger partial charge in [0.2, 0.25) is 0 Å². The maximum atomic E-state index is 5.58. The maximum Gasteiger partial charge on any atom is 0.138 e. The Kier molecular flexibility index (Phi) is 3.79. The minimum absolute atomic E-state index is 0.168. The van der Waals surface area contributed by atoms with Crippen LogP contribution in [0.4, 0.5) is 5.82 Å². The van der Waals surface area contributed by atoms with Gasteiger partial charge >= 0.3 is 0 Å².